The van der Waals surface area contributed by atoms with E-state index >= 15 is 0 Å². The van der Waals surface area contributed by atoms with Crippen LogP contribution in [0.4, 0.5) is 0 Å². The van der Waals surface area contributed by atoms with Gasteiger partial charge in [-0.2, -0.15) is 5.10 Å². The Kier molecular flexibility index (Phi) is 4.40. The van der Waals surface area contributed by atoms with Crippen LogP contribution >= 0.6 is 18.9 Å². The van der Waals surface area contributed by atoms with Crippen molar-refractivity contribution in [3.63, 3.8) is 0 Å². The lowest BCUT2D eigenvalue weighted by molar-refractivity contribution is 0.230. The van der Waals surface area contributed by atoms with Gasteiger partial charge in [-0.1, -0.05) is 41.7 Å². The molecule has 2 aromatic heterocycles. The normalized spacial score (nSPS) is 12.1. The molecule has 3 aromatic rings. The van der Waals surface area contributed by atoms with E-state index in [4.69, 9.17) is 9.05 Å². The summed E-state index contributed by atoms with van der Waals surface area (Å²) in [5.41, 5.74) is 1.61. The van der Waals surface area contributed by atoms with Gasteiger partial charge in [-0.3, -0.25) is 4.57 Å². The van der Waals surface area contributed by atoms with E-state index in [9.17, 15) is 4.57 Å². The molecule has 1 aromatic carbocycles. The Morgan fingerprint density at radius 3 is 2.50 bits per heavy atom. The van der Waals surface area contributed by atoms with Crippen LogP contribution in [0.15, 0.2) is 36.7 Å². The van der Waals surface area contributed by atoms with Crippen molar-refractivity contribution < 1.29 is 13.6 Å². The quantitative estimate of drug-likeness (QED) is 0.645. The minimum absolute atomic E-state index is 0.305. The van der Waals surface area contributed by atoms with E-state index in [0.29, 0.717) is 28.5 Å². The van der Waals surface area contributed by atoms with Gasteiger partial charge in [0, 0.05) is 5.56 Å². The maximum absolute atomic E-state index is 13.2. The molecule has 116 valence electrons. The van der Waals surface area contributed by atoms with Gasteiger partial charge in [0.1, 0.15) is 16.6 Å². The van der Waals surface area contributed by atoms with Crippen molar-refractivity contribution in [2.24, 2.45) is 0 Å². The minimum atomic E-state index is -3.40. The summed E-state index contributed by atoms with van der Waals surface area (Å²) in [6.07, 6.45) is 1.48. The molecule has 3 rings (SSSR count). The molecule has 0 amide bonds. The summed E-state index contributed by atoms with van der Waals surface area (Å²) in [7, 11) is -3.40. The van der Waals surface area contributed by atoms with E-state index in [1.54, 1.807) is 18.4 Å². The standard InChI is InChI=1S/C14H16N3O3PS/c1-3-19-21(18,20-4-2)13-12(11-8-6-5-7-9-11)17-14(22-13)15-10-16-17/h5-10H,3-4H2,1-2H3. The average Bonchev–Trinajstić information content (AvgIpc) is 3.09. The second-order valence-corrected chi connectivity index (χ2v) is 7.65. The molecule has 0 saturated carbocycles. The molecule has 2 heterocycles. The monoisotopic (exact) mass is 337 g/mol. The number of nitrogens with zero attached hydrogens (tertiary/aromatic N) is 3. The van der Waals surface area contributed by atoms with E-state index in [0.717, 1.165) is 5.56 Å². The molecular formula is C14H16N3O3PS. The molecule has 0 saturated heterocycles. The number of hydrogen-bond acceptors (Lipinski definition) is 6. The Balaban J connectivity index is 2.25. The molecule has 0 unspecified atom stereocenters. The van der Waals surface area contributed by atoms with Crippen molar-refractivity contribution in [3.8, 4) is 11.3 Å². The molecule has 0 aliphatic carbocycles. The van der Waals surface area contributed by atoms with E-state index in [1.165, 1.54) is 17.7 Å². The fourth-order valence-corrected chi connectivity index (χ4v) is 5.48. The van der Waals surface area contributed by atoms with Crippen LogP contribution < -0.4 is 4.62 Å². The zero-order valence-corrected chi connectivity index (χ0v) is 14.0. The van der Waals surface area contributed by atoms with E-state index < -0.39 is 7.60 Å². The number of aromatic nitrogens is 3. The first-order valence-corrected chi connectivity index (χ1v) is 9.33. The molecule has 0 radical (unpaired) electrons. The summed E-state index contributed by atoms with van der Waals surface area (Å²) in [6.45, 7) is 4.20. The Hall–Kier alpha value is -1.53. The lowest BCUT2D eigenvalue weighted by atomic mass is 10.2. The Bertz CT molecular complexity index is 805. The van der Waals surface area contributed by atoms with Crippen molar-refractivity contribution in [1.29, 1.82) is 0 Å². The largest absolute Gasteiger partial charge is 0.373 e. The van der Waals surface area contributed by atoms with Gasteiger partial charge in [-0.25, -0.2) is 9.50 Å². The average molecular weight is 337 g/mol. The highest BCUT2D eigenvalue weighted by Gasteiger charge is 2.35. The van der Waals surface area contributed by atoms with Crippen molar-refractivity contribution in [3.05, 3.63) is 36.7 Å². The molecule has 0 aliphatic heterocycles. The molecule has 0 aliphatic rings. The predicted octanol–water partition coefficient (Wildman–Crippen LogP) is 3.35. The molecule has 0 bridgehead atoms. The maximum Gasteiger partial charge on any atom is 0.373 e. The third-order valence-corrected chi connectivity index (χ3v) is 6.71. The summed E-state index contributed by atoms with van der Waals surface area (Å²) in [6, 6.07) is 9.65. The first-order valence-electron chi connectivity index (χ1n) is 6.97. The summed E-state index contributed by atoms with van der Waals surface area (Å²) < 4.78 is 26.4. The number of fused-ring (bicyclic) bond motifs is 1. The zero-order valence-electron chi connectivity index (χ0n) is 12.3. The number of hydrogen-bond donors (Lipinski definition) is 0. The van der Waals surface area contributed by atoms with Gasteiger partial charge in [-0.15, -0.1) is 0 Å². The van der Waals surface area contributed by atoms with Gasteiger partial charge < -0.3 is 9.05 Å². The van der Waals surface area contributed by atoms with Crippen LogP contribution in [-0.2, 0) is 13.6 Å². The molecule has 6 nitrogen and oxygen atoms in total. The van der Waals surface area contributed by atoms with Crippen molar-refractivity contribution in [1.82, 2.24) is 14.6 Å². The van der Waals surface area contributed by atoms with E-state index in [2.05, 4.69) is 10.1 Å². The summed E-state index contributed by atoms with van der Waals surface area (Å²) >= 11 is 1.29. The Labute approximate surface area is 132 Å². The van der Waals surface area contributed by atoms with Crippen LogP contribution in [0.25, 0.3) is 16.2 Å². The first-order chi connectivity index (χ1) is 10.7. The number of benzene rings is 1. The number of thiazole rings is 1. The van der Waals surface area contributed by atoms with Crippen LogP contribution in [0, 0.1) is 0 Å². The predicted molar refractivity (Wildman–Crippen MR) is 86.8 cm³/mol. The van der Waals surface area contributed by atoms with Gasteiger partial charge in [0.25, 0.3) is 0 Å². The van der Waals surface area contributed by atoms with Gasteiger partial charge in [-0.05, 0) is 13.8 Å². The number of rotatable bonds is 6. The van der Waals surface area contributed by atoms with Crippen molar-refractivity contribution in [2.75, 3.05) is 13.2 Å². The molecule has 0 fully saturated rings. The highest BCUT2D eigenvalue weighted by Crippen LogP contribution is 2.51. The highest BCUT2D eigenvalue weighted by molar-refractivity contribution is 7.69. The van der Waals surface area contributed by atoms with Crippen LogP contribution in [0.5, 0.6) is 0 Å². The molecule has 0 N–H and O–H groups in total. The smallest absolute Gasteiger partial charge is 0.305 e. The minimum Gasteiger partial charge on any atom is -0.305 e. The van der Waals surface area contributed by atoms with Crippen LogP contribution in [-0.4, -0.2) is 27.8 Å². The zero-order chi connectivity index (χ0) is 15.6. The molecule has 8 heteroatoms. The van der Waals surface area contributed by atoms with Gasteiger partial charge in [0.05, 0.1) is 13.2 Å². The van der Waals surface area contributed by atoms with Crippen LogP contribution in [0.2, 0.25) is 0 Å². The van der Waals surface area contributed by atoms with E-state index in [1.807, 2.05) is 30.3 Å². The fourth-order valence-electron chi connectivity index (χ4n) is 2.20. The molecule has 22 heavy (non-hydrogen) atoms. The lowest BCUT2D eigenvalue weighted by Gasteiger charge is -2.16. The van der Waals surface area contributed by atoms with Gasteiger partial charge in [0.2, 0.25) is 4.96 Å². The van der Waals surface area contributed by atoms with Crippen LogP contribution in [0.1, 0.15) is 13.8 Å². The maximum atomic E-state index is 13.2. The van der Waals surface area contributed by atoms with Gasteiger partial charge in [0.15, 0.2) is 0 Å². The second-order valence-electron chi connectivity index (χ2n) is 4.41. The SMILES string of the molecule is CCOP(=O)(OCC)c1sc2ncnn2c1-c1ccccc1. The molecule has 0 spiro atoms. The summed E-state index contributed by atoms with van der Waals surface area (Å²) in [5.74, 6) is 0. The molecule has 0 atom stereocenters. The lowest BCUT2D eigenvalue weighted by Crippen LogP contribution is -2.11. The first kappa shape index (κ1) is 15.4. The Morgan fingerprint density at radius 2 is 1.86 bits per heavy atom. The highest BCUT2D eigenvalue weighted by atomic mass is 32.1. The molecular weight excluding hydrogens is 321 g/mol. The third kappa shape index (κ3) is 2.61. The second kappa shape index (κ2) is 6.30. The topological polar surface area (TPSA) is 65.7 Å². The van der Waals surface area contributed by atoms with Crippen molar-refractivity contribution >= 4 is 28.5 Å². The summed E-state index contributed by atoms with van der Waals surface area (Å²) in [4.78, 5) is 4.86. The Morgan fingerprint density at radius 1 is 1.18 bits per heavy atom. The van der Waals surface area contributed by atoms with Crippen LogP contribution in [0.3, 0.4) is 0 Å². The third-order valence-electron chi connectivity index (χ3n) is 3.01. The van der Waals surface area contributed by atoms with Crippen molar-refractivity contribution in [2.45, 2.75) is 13.8 Å². The summed E-state index contributed by atoms with van der Waals surface area (Å²) in [5, 5.41) is 4.23. The van der Waals surface area contributed by atoms with Gasteiger partial charge >= 0.3 is 7.60 Å². The van der Waals surface area contributed by atoms with E-state index in [-0.39, 0.29) is 0 Å². The fraction of sp³-hybridized carbons (Fsp3) is 0.286.